The average molecular weight is 360 g/mol. The number of thiophene rings is 1. The van der Waals surface area contributed by atoms with E-state index >= 15 is 0 Å². The smallest absolute Gasteiger partial charge is 0.346 e. The van der Waals surface area contributed by atoms with Gasteiger partial charge in [-0.1, -0.05) is 12.1 Å². The number of hydrogen-bond acceptors (Lipinski definition) is 3. The molecular formula is C12H9IO3S. The predicted molar refractivity (Wildman–Crippen MR) is 74.8 cm³/mol. The van der Waals surface area contributed by atoms with E-state index in [0.29, 0.717) is 10.4 Å². The third-order valence-electron chi connectivity index (χ3n) is 2.16. The number of carboxylic acids is 1. The van der Waals surface area contributed by atoms with Crippen LogP contribution in [0.4, 0.5) is 0 Å². The van der Waals surface area contributed by atoms with Gasteiger partial charge < -0.3 is 9.84 Å². The number of rotatable bonds is 4. The summed E-state index contributed by atoms with van der Waals surface area (Å²) in [5, 5.41) is 10.7. The van der Waals surface area contributed by atoms with E-state index in [0.717, 1.165) is 9.32 Å². The second-order valence-electron chi connectivity index (χ2n) is 3.30. The lowest BCUT2D eigenvalue weighted by Gasteiger charge is -2.07. The Labute approximate surface area is 116 Å². The van der Waals surface area contributed by atoms with Gasteiger partial charge in [-0.05, 0) is 46.2 Å². The van der Waals surface area contributed by atoms with Crippen LogP contribution >= 0.6 is 33.9 Å². The van der Waals surface area contributed by atoms with Gasteiger partial charge in [0.05, 0.1) is 3.57 Å². The zero-order valence-electron chi connectivity index (χ0n) is 8.72. The molecular weight excluding hydrogens is 351 g/mol. The number of benzene rings is 1. The highest BCUT2D eigenvalue weighted by Gasteiger charge is 2.12. The predicted octanol–water partition coefficient (Wildman–Crippen LogP) is 3.63. The van der Waals surface area contributed by atoms with Gasteiger partial charge >= 0.3 is 5.97 Å². The second kappa shape index (κ2) is 5.50. The largest absolute Gasteiger partial charge is 0.488 e. The number of aromatic carboxylic acids is 1. The third kappa shape index (κ3) is 2.98. The van der Waals surface area contributed by atoms with E-state index < -0.39 is 5.97 Å². The van der Waals surface area contributed by atoms with E-state index in [1.807, 2.05) is 24.3 Å². The molecule has 0 unspecified atom stereocenters. The Bertz CT molecular complexity index is 536. The van der Waals surface area contributed by atoms with E-state index in [9.17, 15) is 4.79 Å². The molecule has 0 radical (unpaired) electrons. The summed E-state index contributed by atoms with van der Waals surface area (Å²) in [4.78, 5) is 11.3. The van der Waals surface area contributed by atoms with Gasteiger partial charge in [-0.15, -0.1) is 11.3 Å². The van der Waals surface area contributed by atoms with Crippen molar-refractivity contribution in [2.24, 2.45) is 0 Å². The summed E-state index contributed by atoms with van der Waals surface area (Å²) in [6.45, 7) is 0.283. The molecule has 0 bridgehead atoms. The monoisotopic (exact) mass is 360 g/mol. The molecule has 88 valence electrons. The normalized spacial score (nSPS) is 10.2. The molecule has 1 aromatic carbocycles. The quantitative estimate of drug-likeness (QED) is 0.847. The molecule has 5 heteroatoms. The van der Waals surface area contributed by atoms with Crippen LogP contribution in [0.2, 0.25) is 0 Å². The van der Waals surface area contributed by atoms with E-state index in [-0.39, 0.29) is 6.61 Å². The summed E-state index contributed by atoms with van der Waals surface area (Å²) in [6, 6.07) is 9.42. The standard InChI is InChI=1S/C12H9IO3S/c13-9-3-1-2-4-10(9)16-7-8-5-6-17-11(8)12(14)15/h1-6H,7H2,(H,14,15). The first-order chi connectivity index (χ1) is 8.18. The molecule has 0 aliphatic heterocycles. The highest BCUT2D eigenvalue weighted by atomic mass is 127. The molecule has 1 aromatic heterocycles. The minimum Gasteiger partial charge on any atom is -0.488 e. The molecule has 0 atom stereocenters. The zero-order valence-corrected chi connectivity index (χ0v) is 11.7. The van der Waals surface area contributed by atoms with Crippen molar-refractivity contribution in [2.75, 3.05) is 0 Å². The van der Waals surface area contributed by atoms with Crippen molar-refractivity contribution in [3.8, 4) is 5.75 Å². The SMILES string of the molecule is O=C(O)c1sccc1COc1ccccc1I. The van der Waals surface area contributed by atoms with Crippen molar-refractivity contribution < 1.29 is 14.6 Å². The van der Waals surface area contributed by atoms with Gasteiger partial charge in [-0.2, -0.15) is 0 Å². The van der Waals surface area contributed by atoms with Crippen molar-refractivity contribution in [3.63, 3.8) is 0 Å². The van der Waals surface area contributed by atoms with Crippen LogP contribution in [-0.4, -0.2) is 11.1 Å². The van der Waals surface area contributed by atoms with Crippen molar-refractivity contribution in [2.45, 2.75) is 6.61 Å². The van der Waals surface area contributed by atoms with Crippen molar-refractivity contribution in [1.82, 2.24) is 0 Å². The maximum atomic E-state index is 10.9. The van der Waals surface area contributed by atoms with Crippen LogP contribution in [0.1, 0.15) is 15.2 Å². The average Bonchev–Trinajstić information content (AvgIpc) is 2.76. The maximum Gasteiger partial charge on any atom is 0.346 e. The molecule has 0 saturated heterocycles. The Morgan fingerprint density at radius 2 is 2.12 bits per heavy atom. The molecule has 0 amide bonds. The molecule has 0 spiro atoms. The van der Waals surface area contributed by atoms with Gasteiger partial charge in [-0.25, -0.2) is 4.79 Å². The highest BCUT2D eigenvalue weighted by Crippen LogP contribution is 2.23. The van der Waals surface area contributed by atoms with Crippen LogP contribution in [0.5, 0.6) is 5.75 Å². The Morgan fingerprint density at radius 3 is 2.82 bits per heavy atom. The van der Waals surface area contributed by atoms with E-state index in [1.165, 1.54) is 11.3 Å². The first-order valence-corrected chi connectivity index (χ1v) is 6.81. The lowest BCUT2D eigenvalue weighted by molar-refractivity contribution is 0.0699. The number of ether oxygens (including phenoxy) is 1. The first kappa shape index (κ1) is 12.4. The van der Waals surface area contributed by atoms with Gasteiger partial charge in [0.15, 0.2) is 0 Å². The lowest BCUT2D eigenvalue weighted by Crippen LogP contribution is -2.02. The molecule has 1 heterocycles. The minimum atomic E-state index is -0.902. The molecule has 2 rings (SSSR count). The summed E-state index contributed by atoms with van der Waals surface area (Å²) in [5.74, 6) is -0.128. The zero-order chi connectivity index (χ0) is 12.3. The lowest BCUT2D eigenvalue weighted by atomic mass is 10.3. The minimum absolute atomic E-state index is 0.283. The topological polar surface area (TPSA) is 46.5 Å². The Hall–Kier alpha value is -1.08. The van der Waals surface area contributed by atoms with Crippen LogP contribution in [0.15, 0.2) is 35.7 Å². The van der Waals surface area contributed by atoms with Crippen LogP contribution < -0.4 is 4.74 Å². The summed E-state index contributed by atoms with van der Waals surface area (Å²) < 4.78 is 6.62. The molecule has 0 aliphatic carbocycles. The van der Waals surface area contributed by atoms with Crippen LogP contribution in [-0.2, 0) is 6.61 Å². The van der Waals surface area contributed by atoms with Gasteiger partial charge in [0, 0.05) is 5.56 Å². The van der Waals surface area contributed by atoms with Crippen LogP contribution in [0.25, 0.3) is 0 Å². The number of para-hydroxylation sites is 1. The maximum absolute atomic E-state index is 10.9. The Balaban J connectivity index is 2.10. The van der Waals surface area contributed by atoms with Gasteiger partial charge in [0.1, 0.15) is 17.2 Å². The molecule has 0 fully saturated rings. The van der Waals surface area contributed by atoms with E-state index in [4.69, 9.17) is 9.84 Å². The van der Waals surface area contributed by atoms with Crippen molar-refractivity contribution in [3.05, 3.63) is 49.7 Å². The van der Waals surface area contributed by atoms with E-state index in [2.05, 4.69) is 22.6 Å². The summed E-state index contributed by atoms with van der Waals surface area (Å²) in [6.07, 6.45) is 0. The van der Waals surface area contributed by atoms with Crippen molar-refractivity contribution >= 4 is 39.9 Å². The van der Waals surface area contributed by atoms with Crippen LogP contribution in [0, 0.1) is 3.57 Å². The van der Waals surface area contributed by atoms with Gasteiger partial charge in [0.2, 0.25) is 0 Å². The number of carbonyl (C=O) groups is 1. The Kier molecular flexibility index (Phi) is 4.01. The fourth-order valence-corrected chi connectivity index (χ4v) is 2.64. The molecule has 0 aliphatic rings. The van der Waals surface area contributed by atoms with Gasteiger partial charge in [-0.3, -0.25) is 0 Å². The molecule has 0 saturated carbocycles. The van der Waals surface area contributed by atoms with Crippen LogP contribution in [0.3, 0.4) is 0 Å². The summed E-state index contributed by atoms with van der Waals surface area (Å²) >= 11 is 3.40. The second-order valence-corrected chi connectivity index (χ2v) is 5.38. The summed E-state index contributed by atoms with van der Waals surface area (Å²) in [7, 11) is 0. The fraction of sp³-hybridized carbons (Fsp3) is 0.0833. The van der Waals surface area contributed by atoms with Crippen molar-refractivity contribution in [1.29, 1.82) is 0 Å². The first-order valence-electron chi connectivity index (χ1n) is 4.85. The molecule has 17 heavy (non-hydrogen) atoms. The number of hydrogen-bond donors (Lipinski definition) is 1. The van der Waals surface area contributed by atoms with Gasteiger partial charge in [0.25, 0.3) is 0 Å². The summed E-state index contributed by atoms with van der Waals surface area (Å²) in [5.41, 5.74) is 0.710. The molecule has 3 nitrogen and oxygen atoms in total. The highest BCUT2D eigenvalue weighted by molar-refractivity contribution is 14.1. The molecule has 1 N–H and O–H groups in total. The fourth-order valence-electron chi connectivity index (χ4n) is 1.35. The molecule has 2 aromatic rings. The Morgan fingerprint density at radius 1 is 1.35 bits per heavy atom. The number of carboxylic acid groups (broad SMARTS) is 1. The van der Waals surface area contributed by atoms with E-state index in [1.54, 1.807) is 11.4 Å². The number of halogens is 1. The third-order valence-corrected chi connectivity index (χ3v) is 4.00.